The van der Waals surface area contributed by atoms with Gasteiger partial charge in [0.2, 0.25) is 0 Å². The van der Waals surface area contributed by atoms with Crippen LogP contribution in [-0.4, -0.2) is 6.54 Å². The summed E-state index contributed by atoms with van der Waals surface area (Å²) in [6.07, 6.45) is 2.51. The van der Waals surface area contributed by atoms with E-state index in [4.69, 9.17) is 0 Å². The molecule has 2 rings (SSSR count). The van der Waals surface area contributed by atoms with Crippen LogP contribution in [0, 0.1) is 18.8 Å². The molecule has 0 saturated carbocycles. The monoisotopic (exact) mass is 231 g/mol. The van der Waals surface area contributed by atoms with E-state index < -0.39 is 0 Å². The lowest BCUT2D eigenvalue weighted by molar-refractivity contribution is 0.368. The zero-order valence-corrected chi connectivity index (χ0v) is 11.6. The van der Waals surface area contributed by atoms with Crippen molar-refractivity contribution in [3.05, 3.63) is 34.9 Å². The van der Waals surface area contributed by atoms with Gasteiger partial charge in [-0.3, -0.25) is 0 Å². The van der Waals surface area contributed by atoms with Crippen molar-refractivity contribution in [3.8, 4) is 0 Å². The SMILES string of the molecule is Cc1ccc2c(c1)C(NCC(C)C(C)C)CC2. The third kappa shape index (κ3) is 2.90. The molecular weight excluding hydrogens is 206 g/mol. The third-order valence-corrected chi connectivity index (χ3v) is 4.20. The lowest BCUT2D eigenvalue weighted by Gasteiger charge is -2.20. The molecule has 1 nitrogen and oxygen atoms in total. The van der Waals surface area contributed by atoms with E-state index >= 15 is 0 Å². The summed E-state index contributed by atoms with van der Waals surface area (Å²) < 4.78 is 0. The molecule has 2 atom stereocenters. The molecule has 94 valence electrons. The van der Waals surface area contributed by atoms with Gasteiger partial charge in [0.05, 0.1) is 0 Å². The van der Waals surface area contributed by atoms with E-state index in [-0.39, 0.29) is 0 Å². The Morgan fingerprint density at radius 3 is 2.76 bits per heavy atom. The topological polar surface area (TPSA) is 12.0 Å². The van der Waals surface area contributed by atoms with Crippen molar-refractivity contribution in [3.63, 3.8) is 0 Å². The number of hydrogen-bond donors (Lipinski definition) is 1. The average molecular weight is 231 g/mol. The molecule has 0 spiro atoms. The molecule has 0 fully saturated rings. The number of benzene rings is 1. The normalized spacial score (nSPS) is 20.6. The zero-order chi connectivity index (χ0) is 12.4. The molecule has 1 aromatic rings. The minimum absolute atomic E-state index is 0.589. The first-order valence-corrected chi connectivity index (χ1v) is 6.90. The first-order chi connectivity index (χ1) is 8.08. The van der Waals surface area contributed by atoms with E-state index in [1.54, 1.807) is 11.1 Å². The Bertz CT molecular complexity index is 381. The molecule has 1 aromatic carbocycles. The molecule has 17 heavy (non-hydrogen) atoms. The maximum atomic E-state index is 3.75. The smallest absolute Gasteiger partial charge is 0.0326 e. The fourth-order valence-corrected chi connectivity index (χ4v) is 2.50. The number of nitrogens with one attached hydrogen (secondary N) is 1. The van der Waals surface area contributed by atoms with Gasteiger partial charge in [-0.2, -0.15) is 0 Å². The number of rotatable bonds is 4. The minimum atomic E-state index is 0.589. The van der Waals surface area contributed by atoms with Gasteiger partial charge >= 0.3 is 0 Å². The van der Waals surface area contributed by atoms with Crippen molar-refractivity contribution in [2.45, 2.75) is 46.6 Å². The first-order valence-electron chi connectivity index (χ1n) is 6.90. The Kier molecular flexibility index (Phi) is 3.88. The molecule has 1 aliphatic carbocycles. The molecule has 1 heteroatoms. The summed E-state index contributed by atoms with van der Waals surface area (Å²) in [5.74, 6) is 1.52. The highest BCUT2D eigenvalue weighted by Gasteiger charge is 2.22. The van der Waals surface area contributed by atoms with Gasteiger partial charge in [-0.1, -0.05) is 44.5 Å². The van der Waals surface area contributed by atoms with Gasteiger partial charge in [-0.15, -0.1) is 0 Å². The molecule has 0 saturated heterocycles. The molecular formula is C16H25N. The van der Waals surface area contributed by atoms with Gasteiger partial charge in [0.15, 0.2) is 0 Å². The van der Waals surface area contributed by atoms with Gasteiger partial charge in [-0.05, 0) is 49.3 Å². The Morgan fingerprint density at radius 2 is 2.06 bits per heavy atom. The molecule has 0 heterocycles. The molecule has 0 radical (unpaired) electrons. The highest BCUT2D eigenvalue weighted by atomic mass is 14.9. The summed E-state index contributed by atoms with van der Waals surface area (Å²) in [5.41, 5.74) is 4.47. The highest BCUT2D eigenvalue weighted by Crippen LogP contribution is 2.31. The number of fused-ring (bicyclic) bond motifs is 1. The van der Waals surface area contributed by atoms with Gasteiger partial charge in [0.1, 0.15) is 0 Å². The minimum Gasteiger partial charge on any atom is -0.310 e. The van der Waals surface area contributed by atoms with Gasteiger partial charge in [0, 0.05) is 6.04 Å². The highest BCUT2D eigenvalue weighted by molar-refractivity contribution is 5.37. The second kappa shape index (κ2) is 5.22. The van der Waals surface area contributed by atoms with Crippen molar-refractivity contribution >= 4 is 0 Å². The van der Waals surface area contributed by atoms with Crippen LogP contribution in [0.4, 0.5) is 0 Å². The lowest BCUT2D eigenvalue weighted by atomic mass is 9.97. The average Bonchev–Trinajstić information content (AvgIpc) is 2.68. The fraction of sp³-hybridized carbons (Fsp3) is 0.625. The number of aryl methyl sites for hydroxylation is 2. The summed E-state index contributed by atoms with van der Waals surface area (Å²) in [6.45, 7) is 10.3. The summed E-state index contributed by atoms with van der Waals surface area (Å²) in [4.78, 5) is 0. The second-order valence-corrected chi connectivity index (χ2v) is 5.92. The summed E-state index contributed by atoms with van der Waals surface area (Å²) in [7, 11) is 0. The van der Waals surface area contributed by atoms with Crippen LogP contribution in [0.3, 0.4) is 0 Å². The summed E-state index contributed by atoms with van der Waals surface area (Å²) >= 11 is 0. The maximum Gasteiger partial charge on any atom is 0.0326 e. The third-order valence-electron chi connectivity index (χ3n) is 4.20. The molecule has 2 unspecified atom stereocenters. The largest absolute Gasteiger partial charge is 0.310 e. The van der Waals surface area contributed by atoms with Gasteiger partial charge < -0.3 is 5.32 Å². The predicted molar refractivity (Wildman–Crippen MR) is 74.2 cm³/mol. The Morgan fingerprint density at radius 1 is 1.29 bits per heavy atom. The van der Waals surface area contributed by atoms with E-state index in [0.29, 0.717) is 6.04 Å². The van der Waals surface area contributed by atoms with Crippen molar-refractivity contribution in [1.29, 1.82) is 0 Å². The van der Waals surface area contributed by atoms with Crippen molar-refractivity contribution in [2.75, 3.05) is 6.54 Å². The standard InChI is InChI=1S/C16H25N/c1-11(2)13(4)10-17-16-8-7-14-6-5-12(3)9-15(14)16/h5-6,9,11,13,16-17H,7-8,10H2,1-4H3. The van der Waals surface area contributed by atoms with Crippen LogP contribution >= 0.6 is 0 Å². The molecule has 1 aliphatic rings. The van der Waals surface area contributed by atoms with Crippen LogP contribution in [0.1, 0.15) is 49.9 Å². The predicted octanol–water partition coefficient (Wildman–Crippen LogP) is 3.86. The quantitative estimate of drug-likeness (QED) is 0.829. The van der Waals surface area contributed by atoms with E-state index in [0.717, 1.165) is 18.4 Å². The van der Waals surface area contributed by atoms with Crippen LogP contribution < -0.4 is 5.32 Å². The maximum absolute atomic E-state index is 3.75. The van der Waals surface area contributed by atoms with Gasteiger partial charge in [0.25, 0.3) is 0 Å². The molecule has 0 aromatic heterocycles. The van der Waals surface area contributed by atoms with E-state index in [9.17, 15) is 0 Å². The van der Waals surface area contributed by atoms with Crippen LogP contribution in [0.25, 0.3) is 0 Å². The fourth-order valence-electron chi connectivity index (χ4n) is 2.50. The molecule has 0 aliphatic heterocycles. The van der Waals surface area contributed by atoms with Crippen molar-refractivity contribution in [2.24, 2.45) is 11.8 Å². The van der Waals surface area contributed by atoms with Crippen LogP contribution in [-0.2, 0) is 6.42 Å². The summed E-state index contributed by atoms with van der Waals surface area (Å²) in [6, 6.07) is 7.49. The Hall–Kier alpha value is -0.820. The van der Waals surface area contributed by atoms with E-state index in [1.165, 1.54) is 18.4 Å². The number of hydrogen-bond acceptors (Lipinski definition) is 1. The molecule has 0 amide bonds. The zero-order valence-electron chi connectivity index (χ0n) is 11.6. The van der Waals surface area contributed by atoms with E-state index in [1.807, 2.05) is 0 Å². The van der Waals surface area contributed by atoms with Crippen molar-refractivity contribution in [1.82, 2.24) is 5.32 Å². The Balaban J connectivity index is 2.00. The molecule has 1 N–H and O–H groups in total. The first kappa shape index (κ1) is 12.6. The van der Waals surface area contributed by atoms with Gasteiger partial charge in [-0.25, -0.2) is 0 Å². The van der Waals surface area contributed by atoms with Crippen LogP contribution in [0.5, 0.6) is 0 Å². The molecule has 0 bridgehead atoms. The van der Waals surface area contributed by atoms with Crippen LogP contribution in [0.2, 0.25) is 0 Å². The van der Waals surface area contributed by atoms with Crippen LogP contribution in [0.15, 0.2) is 18.2 Å². The summed E-state index contributed by atoms with van der Waals surface area (Å²) in [5, 5.41) is 3.75. The van der Waals surface area contributed by atoms with Crippen molar-refractivity contribution < 1.29 is 0 Å². The lowest BCUT2D eigenvalue weighted by Crippen LogP contribution is -2.27. The second-order valence-electron chi connectivity index (χ2n) is 5.92. The Labute approximate surface area is 106 Å². The van der Waals surface area contributed by atoms with E-state index in [2.05, 4.69) is 51.2 Å².